The van der Waals surface area contributed by atoms with Crippen LogP contribution < -0.4 is 5.32 Å². The highest BCUT2D eigenvalue weighted by atomic mass is 35.5. The van der Waals surface area contributed by atoms with Crippen LogP contribution in [0.25, 0.3) is 0 Å². The number of hydrogen-bond acceptors (Lipinski definition) is 2. The molecule has 0 aliphatic carbocycles. The molecule has 86 valence electrons. The lowest BCUT2D eigenvalue weighted by atomic mass is 9.98. The molecule has 2 N–H and O–H groups in total. The van der Waals surface area contributed by atoms with Crippen molar-refractivity contribution in [3.05, 3.63) is 64.2 Å². The van der Waals surface area contributed by atoms with Crippen LogP contribution in [0.5, 0.6) is 5.75 Å². The van der Waals surface area contributed by atoms with Crippen molar-refractivity contribution in [2.24, 2.45) is 0 Å². The van der Waals surface area contributed by atoms with Crippen LogP contribution in [0.3, 0.4) is 0 Å². The SMILES string of the molecule is Oc1ccccc1C1NCc2ccc(Cl)cc21. The van der Waals surface area contributed by atoms with Gasteiger partial charge in [-0.3, -0.25) is 0 Å². The van der Waals surface area contributed by atoms with E-state index in [1.165, 1.54) is 5.56 Å². The Labute approximate surface area is 105 Å². The normalized spacial score (nSPS) is 18.1. The summed E-state index contributed by atoms with van der Waals surface area (Å²) in [5.74, 6) is 0.317. The molecule has 1 aliphatic rings. The number of rotatable bonds is 1. The first-order chi connectivity index (χ1) is 8.25. The van der Waals surface area contributed by atoms with Gasteiger partial charge in [-0.25, -0.2) is 0 Å². The summed E-state index contributed by atoms with van der Waals surface area (Å²) in [4.78, 5) is 0. The molecule has 0 saturated heterocycles. The summed E-state index contributed by atoms with van der Waals surface area (Å²) in [6, 6.07) is 13.3. The number of para-hydroxylation sites is 1. The van der Waals surface area contributed by atoms with E-state index >= 15 is 0 Å². The van der Waals surface area contributed by atoms with Gasteiger partial charge in [-0.05, 0) is 29.3 Å². The fourth-order valence-corrected chi connectivity index (χ4v) is 2.51. The Morgan fingerprint density at radius 3 is 2.76 bits per heavy atom. The van der Waals surface area contributed by atoms with Gasteiger partial charge in [-0.1, -0.05) is 35.9 Å². The van der Waals surface area contributed by atoms with Gasteiger partial charge >= 0.3 is 0 Å². The molecule has 3 heteroatoms. The van der Waals surface area contributed by atoms with Crippen LogP contribution in [-0.4, -0.2) is 5.11 Å². The number of fused-ring (bicyclic) bond motifs is 1. The topological polar surface area (TPSA) is 32.3 Å². The standard InChI is InChI=1S/C14H12ClNO/c15-10-6-5-9-8-16-14(12(9)7-10)11-3-1-2-4-13(11)17/h1-7,14,16-17H,8H2. The van der Waals surface area contributed by atoms with Gasteiger partial charge in [-0.2, -0.15) is 0 Å². The van der Waals surface area contributed by atoms with Gasteiger partial charge in [0.2, 0.25) is 0 Å². The minimum Gasteiger partial charge on any atom is -0.508 e. The van der Waals surface area contributed by atoms with Gasteiger partial charge in [-0.15, -0.1) is 0 Å². The van der Waals surface area contributed by atoms with E-state index in [2.05, 4.69) is 5.32 Å². The number of halogens is 1. The fraction of sp³-hybridized carbons (Fsp3) is 0.143. The van der Waals surface area contributed by atoms with E-state index in [0.717, 1.165) is 22.7 Å². The number of phenols is 1. The molecule has 1 atom stereocenters. The monoisotopic (exact) mass is 245 g/mol. The molecule has 0 bridgehead atoms. The van der Waals surface area contributed by atoms with Gasteiger partial charge in [0.05, 0.1) is 6.04 Å². The van der Waals surface area contributed by atoms with E-state index in [4.69, 9.17) is 11.6 Å². The van der Waals surface area contributed by atoms with Gasteiger partial charge in [0.15, 0.2) is 0 Å². The number of benzene rings is 2. The third-order valence-electron chi connectivity index (χ3n) is 3.16. The zero-order chi connectivity index (χ0) is 11.8. The number of phenolic OH excluding ortho intramolecular Hbond substituents is 1. The maximum absolute atomic E-state index is 9.89. The van der Waals surface area contributed by atoms with Crippen LogP contribution in [0, 0.1) is 0 Å². The van der Waals surface area contributed by atoms with Crippen molar-refractivity contribution in [1.82, 2.24) is 5.32 Å². The Balaban J connectivity index is 2.10. The lowest BCUT2D eigenvalue weighted by molar-refractivity contribution is 0.460. The van der Waals surface area contributed by atoms with Crippen LogP contribution in [0.1, 0.15) is 22.7 Å². The maximum atomic E-state index is 9.89. The smallest absolute Gasteiger partial charge is 0.120 e. The quantitative estimate of drug-likeness (QED) is 0.809. The van der Waals surface area contributed by atoms with E-state index in [-0.39, 0.29) is 6.04 Å². The summed E-state index contributed by atoms with van der Waals surface area (Å²) in [6.07, 6.45) is 0. The van der Waals surface area contributed by atoms with Crippen molar-refractivity contribution >= 4 is 11.6 Å². The molecular weight excluding hydrogens is 234 g/mol. The average Bonchev–Trinajstić information content (AvgIpc) is 2.72. The summed E-state index contributed by atoms with van der Waals surface area (Å²) in [7, 11) is 0. The summed E-state index contributed by atoms with van der Waals surface area (Å²) in [5.41, 5.74) is 3.29. The molecule has 1 unspecified atom stereocenters. The van der Waals surface area contributed by atoms with E-state index in [9.17, 15) is 5.11 Å². The first kappa shape index (κ1) is 10.6. The average molecular weight is 246 g/mol. The highest BCUT2D eigenvalue weighted by Crippen LogP contribution is 2.36. The molecule has 3 rings (SSSR count). The second kappa shape index (κ2) is 4.06. The summed E-state index contributed by atoms with van der Waals surface area (Å²) in [5, 5.41) is 14.0. The predicted molar refractivity (Wildman–Crippen MR) is 68.2 cm³/mol. The van der Waals surface area contributed by atoms with Gasteiger partial charge in [0, 0.05) is 17.1 Å². The number of aromatic hydroxyl groups is 1. The number of hydrogen-bond donors (Lipinski definition) is 2. The molecule has 1 aliphatic heterocycles. The molecule has 2 nitrogen and oxygen atoms in total. The Bertz CT molecular complexity index is 568. The second-order valence-corrected chi connectivity index (χ2v) is 4.65. The Hall–Kier alpha value is -1.51. The Morgan fingerprint density at radius 2 is 1.94 bits per heavy atom. The molecular formula is C14H12ClNO. The lowest BCUT2D eigenvalue weighted by Crippen LogP contribution is -2.13. The first-order valence-electron chi connectivity index (χ1n) is 5.55. The van der Waals surface area contributed by atoms with Crippen molar-refractivity contribution in [2.75, 3.05) is 0 Å². The van der Waals surface area contributed by atoms with Crippen LogP contribution >= 0.6 is 11.6 Å². The summed E-state index contributed by atoms with van der Waals surface area (Å²) >= 11 is 6.03. The zero-order valence-corrected chi connectivity index (χ0v) is 9.91. The first-order valence-corrected chi connectivity index (χ1v) is 5.93. The molecule has 0 aromatic heterocycles. The minimum atomic E-state index is 0.0323. The van der Waals surface area contributed by atoms with E-state index in [1.807, 2.05) is 36.4 Å². The molecule has 1 heterocycles. The molecule has 17 heavy (non-hydrogen) atoms. The molecule has 0 spiro atoms. The minimum absolute atomic E-state index is 0.0323. The molecule has 2 aromatic carbocycles. The van der Waals surface area contributed by atoms with Crippen LogP contribution in [0.4, 0.5) is 0 Å². The van der Waals surface area contributed by atoms with Crippen molar-refractivity contribution < 1.29 is 5.11 Å². The third kappa shape index (κ3) is 1.79. The maximum Gasteiger partial charge on any atom is 0.120 e. The molecule has 0 amide bonds. The predicted octanol–water partition coefficient (Wildman–Crippen LogP) is 3.24. The Morgan fingerprint density at radius 1 is 1.12 bits per heavy atom. The molecule has 0 fully saturated rings. The van der Waals surface area contributed by atoms with Gasteiger partial charge in [0.1, 0.15) is 5.75 Å². The summed E-state index contributed by atoms with van der Waals surface area (Å²) < 4.78 is 0. The Kier molecular flexibility index (Phi) is 2.54. The van der Waals surface area contributed by atoms with Crippen molar-refractivity contribution in [2.45, 2.75) is 12.6 Å². The van der Waals surface area contributed by atoms with E-state index in [1.54, 1.807) is 6.07 Å². The molecule has 0 saturated carbocycles. The van der Waals surface area contributed by atoms with Crippen LogP contribution in [0.2, 0.25) is 5.02 Å². The van der Waals surface area contributed by atoms with Crippen molar-refractivity contribution in [3.63, 3.8) is 0 Å². The van der Waals surface area contributed by atoms with E-state index in [0.29, 0.717) is 5.75 Å². The fourth-order valence-electron chi connectivity index (χ4n) is 2.33. The third-order valence-corrected chi connectivity index (χ3v) is 3.40. The van der Waals surface area contributed by atoms with Gasteiger partial charge < -0.3 is 10.4 Å². The van der Waals surface area contributed by atoms with Crippen LogP contribution in [-0.2, 0) is 6.54 Å². The molecule has 2 aromatic rings. The van der Waals surface area contributed by atoms with Gasteiger partial charge in [0.25, 0.3) is 0 Å². The number of nitrogens with one attached hydrogen (secondary N) is 1. The van der Waals surface area contributed by atoms with E-state index < -0.39 is 0 Å². The van der Waals surface area contributed by atoms with Crippen LogP contribution in [0.15, 0.2) is 42.5 Å². The molecule has 0 radical (unpaired) electrons. The highest BCUT2D eigenvalue weighted by molar-refractivity contribution is 6.30. The summed E-state index contributed by atoms with van der Waals surface area (Å²) in [6.45, 7) is 0.811. The largest absolute Gasteiger partial charge is 0.508 e. The highest BCUT2D eigenvalue weighted by Gasteiger charge is 2.25. The van der Waals surface area contributed by atoms with Crippen molar-refractivity contribution in [3.8, 4) is 5.75 Å². The second-order valence-electron chi connectivity index (χ2n) is 4.22. The van der Waals surface area contributed by atoms with Crippen molar-refractivity contribution in [1.29, 1.82) is 0 Å². The lowest BCUT2D eigenvalue weighted by Gasteiger charge is -2.14. The zero-order valence-electron chi connectivity index (χ0n) is 9.15.